The summed E-state index contributed by atoms with van der Waals surface area (Å²) in [5.74, 6) is 2.03. The van der Waals surface area contributed by atoms with Crippen LogP contribution in [-0.2, 0) is 0 Å². The largest absolute Gasteiger partial charge is 0.313 e. The van der Waals surface area contributed by atoms with Gasteiger partial charge in [-0.25, -0.2) is 0 Å². The summed E-state index contributed by atoms with van der Waals surface area (Å²) in [6.45, 7) is 0.893. The van der Waals surface area contributed by atoms with E-state index < -0.39 is 0 Å². The van der Waals surface area contributed by atoms with Crippen molar-refractivity contribution in [2.75, 3.05) is 6.54 Å². The smallest absolute Gasteiger partial charge is 0.0635 e. The van der Waals surface area contributed by atoms with Gasteiger partial charge in [-0.05, 0) is 31.1 Å². The number of fused-ring (bicyclic) bond motifs is 1. The molecule has 2 rings (SSSR count). The van der Waals surface area contributed by atoms with Gasteiger partial charge in [-0.15, -0.1) is 0 Å². The fraction of sp³-hybridized carbons (Fsp3) is 0.889. The number of hydrogen-bond donors (Lipinski definition) is 1. The molecule has 60 valence electrons. The molecule has 0 radical (unpaired) electrons. The fourth-order valence-electron chi connectivity index (χ4n) is 2.27. The van der Waals surface area contributed by atoms with Crippen LogP contribution in [0.25, 0.3) is 0 Å². The van der Waals surface area contributed by atoms with E-state index in [0.29, 0.717) is 6.42 Å². The maximum atomic E-state index is 8.33. The molecule has 2 nitrogen and oxygen atoms in total. The van der Waals surface area contributed by atoms with Gasteiger partial charge in [0.15, 0.2) is 0 Å². The van der Waals surface area contributed by atoms with Gasteiger partial charge < -0.3 is 5.32 Å². The standard InChI is InChI=1S/C9H14N2/c10-4-1-5-11-9-3-2-7-6-8(7)9/h7-9,11H,1-3,5-6H2. The molecule has 0 aromatic rings. The van der Waals surface area contributed by atoms with Gasteiger partial charge in [-0.1, -0.05) is 0 Å². The quantitative estimate of drug-likeness (QED) is 0.615. The molecule has 0 bridgehead atoms. The van der Waals surface area contributed by atoms with Crippen LogP contribution in [-0.4, -0.2) is 12.6 Å². The first-order valence-corrected chi connectivity index (χ1v) is 4.52. The number of nitrogens with zero attached hydrogens (tertiary/aromatic N) is 1. The maximum absolute atomic E-state index is 8.33. The Hall–Kier alpha value is -0.550. The van der Waals surface area contributed by atoms with Gasteiger partial charge in [0.25, 0.3) is 0 Å². The molecule has 3 atom stereocenters. The first-order valence-electron chi connectivity index (χ1n) is 4.52. The Morgan fingerprint density at radius 3 is 2.91 bits per heavy atom. The molecule has 2 saturated carbocycles. The van der Waals surface area contributed by atoms with E-state index in [-0.39, 0.29) is 0 Å². The van der Waals surface area contributed by atoms with Crippen molar-refractivity contribution in [1.82, 2.24) is 5.32 Å². The highest BCUT2D eigenvalue weighted by Crippen LogP contribution is 2.51. The fourth-order valence-corrected chi connectivity index (χ4v) is 2.27. The topological polar surface area (TPSA) is 35.8 Å². The lowest BCUT2D eigenvalue weighted by atomic mass is 10.2. The van der Waals surface area contributed by atoms with Crippen molar-refractivity contribution in [3.63, 3.8) is 0 Å². The van der Waals surface area contributed by atoms with Crippen molar-refractivity contribution in [2.24, 2.45) is 11.8 Å². The van der Waals surface area contributed by atoms with Crippen LogP contribution in [0.15, 0.2) is 0 Å². The molecule has 2 aliphatic carbocycles. The van der Waals surface area contributed by atoms with Gasteiger partial charge in [0.1, 0.15) is 0 Å². The summed E-state index contributed by atoms with van der Waals surface area (Å²) in [4.78, 5) is 0. The van der Waals surface area contributed by atoms with Crippen LogP contribution in [0, 0.1) is 23.2 Å². The van der Waals surface area contributed by atoms with Gasteiger partial charge in [0.2, 0.25) is 0 Å². The molecule has 11 heavy (non-hydrogen) atoms. The van der Waals surface area contributed by atoms with Crippen LogP contribution in [0.1, 0.15) is 25.7 Å². The van der Waals surface area contributed by atoms with Crippen LogP contribution in [0.3, 0.4) is 0 Å². The molecule has 1 N–H and O–H groups in total. The minimum atomic E-state index is 0.661. The zero-order valence-corrected chi connectivity index (χ0v) is 6.71. The summed E-state index contributed by atoms with van der Waals surface area (Å²) < 4.78 is 0. The van der Waals surface area contributed by atoms with E-state index in [1.807, 2.05) is 0 Å². The highest BCUT2D eigenvalue weighted by molar-refractivity contribution is 5.01. The van der Waals surface area contributed by atoms with Gasteiger partial charge in [-0.2, -0.15) is 5.26 Å². The lowest BCUT2D eigenvalue weighted by Gasteiger charge is -2.11. The Labute approximate surface area is 67.6 Å². The third kappa shape index (κ3) is 1.39. The van der Waals surface area contributed by atoms with Crippen LogP contribution in [0.2, 0.25) is 0 Å². The molecule has 0 saturated heterocycles. The second-order valence-corrected chi connectivity index (χ2v) is 3.71. The Kier molecular flexibility index (Phi) is 1.83. The predicted octanol–water partition coefficient (Wildman–Crippen LogP) is 1.29. The minimum Gasteiger partial charge on any atom is -0.313 e. The lowest BCUT2D eigenvalue weighted by molar-refractivity contribution is 0.481. The highest BCUT2D eigenvalue weighted by atomic mass is 14.9. The van der Waals surface area contributed by atoms with Crippen molar-refractivity contribution in [2.45, 2.75) is 31.7 Å². The van der Waals surface area contributed by atoms with Crippen molar-refractivity contribution in [3.05, 3.63) is 0 Å². The van der Waals surface area contributed by atoms with E-state index in [0.717, 1.165) is 24.4 Å². The van der Waals surface area contributed by atoms with Crippen LogP contribution < -0.4 is 5.32 Å². The highest BCUT2D eigenvalue weighted by Gasteiger charge is 2.47. The molecule has 2 heteroatoms. The molecular formula is C9H14N2. The molecule has 0 spiro atoms. The second kappa shape index (κ2) is 2.83. The SMILES string of the molecule is N#CCCNC1CCC2CC21. The lowest BCUT2D eigenvalue weighted by Crippen LogP contribution is -2.29. The zero-order chi connectivity index (χ0) is 7.68. The monoisotopic (exact) mass is 150 g/mol. The van der Waals surface area contributed by atoms with Crippen LogP contribution in [0.5, 0.6) is 0 Å². The number of hydrogen-bond acceptors (Lipinski definition) is 2. The summed E-state index contributed by atoms with van der Waals surface area (Å²) in [7, 11) is 0. The molecule has 0 aliphatic heterocycles. The van der Waals surface area contributed by atoms with E-state index in [1.165, 1.54) is 19.3 Å². The van der Waals surface area contributed by atoms with Crippen LogP contribution >= 0.6 is 0 Å². The normalized spacial score (nSPS) is 39.7. The van der Waals surface area contributed by atoms with Crippen molar-refractivity contribution < 1.29 is 0 Å². The van der Waals surface area contributed by atoms with E-state index in [4.69, 9.17) is 5.26 Å². The third-order valence-corrected chi connectivity index (χ3v) is 2.99. The molecule has 0 aromatic carbocycles. The van der Waals surface area contributed by atoms with Gasteiger partial charge in [0.05, 0.1) is 6.07 Å². The zero-order valence-electron chi connectivity index (χ0n) is 6.71. The molecule has 0 aromatic heterocycles. The average molecular weight is 150 g/mol. The van der Waals surface area contributed by atoms with Gasteiger partial charge in [-0.3, -0.25) is 0 Å². The molecule has 0 amide bonds. The van der Waals surface area contributed by atoms with E-state index in [2.05, 4.69) is 11.4 Å². The Morgan fingerprint density at radius 2 is 2.36 bits per heavy atom. The van der Waals surface area contributed by atoms with E-state index >= 15 is 0 Å². The first-order chi connectivity index (χ1) is 5.42. The summed E-state index contributed by atoms with van der Waals surface area (Å²) >= 11 is 0. The Morgan fingerprint density at radius 1 is 1.45 bits per heavy atom. The summed E-state index contributed by atoms with van der Waals surface area (Å²) in [5, 5.41) is 11.8. The van der Waals surface area contributed by atoms with Gasteiger partial charge in [0, 0.05) is 19.0 Å². The molecule has 2 fully saturated rings. The molecule has 0 heterocycles. The summed E-state index contributed by atoms with van der Waals surface area (Å²) in [6.07, 6.45) is 4.88. The molecule has 3 unspecified atom stereocenters. The Bertz CT molecular complexity index is 182. The third-order valence-electron chi connectivity index (χ3n) is 2.99. The predicted molar refractivity (Wildman–Crippen MR) is 42.9 cm³/mol. The summed E-state index contributed by atoms with van der Waals surface area (Å²) in [6, 6.07) is 2.92. The van der Waals surface area contributed by atoms with Crippen molar-refractivity contribution in [1.29, 1.82) is 5.26 Å². The Balaban J connectivity index is 1.67. The molecular weight excluding hydrogens is 136 g/mol. The van der Waals surface area contributed by atoms with E-state index in [9.17, 15) is 0 Å². The van der Waals surface area contributed by atoms with Gasteiger partial charge >= 0.3 is 0 Å². The first kappa shape index (κ1) is 7.12. The van der Waals surface area contributed by atoms with E-state index in [1.54, 1.807) is 0 Å². The average Bonchev–Trinajstić information content (AvgIpc) is 2.70. The van der Waals surface area contributed by atoms with Crippen molar-refractivity contribution >= 4 is 0 Å². The van der Waals surface area contributed by atoms with Crippen LogP contribution in [0.4, 0.5) is 0 Å². The number of nitriles is 1. The maximum Gasteiger partial charge on any atom is 0.0635 e. The minimum absolute atomic E-state index is 0.661. The number of nitrogens with one attached hydrogen (secondary N) is 1. The van der Waals surface area contributed by atoms with Crippen molar-refractivity contribution in [3.8, 4) is 6.07 Å². The summed E-state index contributed by atoms with van der Waals surface area (Å²) in [5.41, 5.74) is 0. The molecule has 2 aliphatic rings. The number of rotatable bonds is 3. The second-order valence-electron chi connectivity index (χ2n) is 3.71.